The monoisotopic (exact) mass is 292 g/mol. The maximum Gasteiger partial charge on any atom is 0.328 e. The van der Waals surface area contributed by atoms with Crippen LogP contribution in [0.1, 0.15) is 32.8 Å². The number of hydrogen-bond donors (Lipinski definition) is 1. The molecule has 0 bridgehead atoms. The first-order chi connectivity index (χ1) is 9.97. The van der Waals surface area contributed by atoms with Crippen LogP contribution in [0.3, 0.4) is 0 Å². The van der Waals surface area contributed by atoms with Gasteiger partial charge in [-0.25, -0.2) is 4.79 Å². The number of hydrogen-bond acceptors (Lipinski definition) is 3. The molecule has 0 aliphatic rings. The lowest BCUT2D eigenvalue weighted by Crippen LogP contribution is -2.16. The number of carboxylic acids is 1. The van der Waals surface area contributed by atoms with Gasteiger partial charge >= 0.3 is 5.97 Å². The first-order valence-corrected chi connectivity index (χ1v) is 7.23. The number of carbonyl (C=O) groups is 1. The smallest absolute Gasteiger partial charge is 0.328 e. The van der Waals surface area contributed by atoms with E-state index in [9.17, 15) is 4.79 Å². The molecule has 21 heavy (non-hydrogen) atoms. The minimum absolute atomic E-state index is 0.247. The minimum atomic E-state index is -0.956. The zero-order valence-corrected chi connectivity index (χ0v) is 12.9. The van der Waals surface area contributed by atoms with E-state index >= 15 is 0 Å². The van der Waals surface area contributed by atoms with Crippen molar-refractivity contribution in [1.29, 1.82) is 0 Å². The van der Waals surface area contributed by atoms with E-state index in [4.69, 9.17) is 14.6 Å². The van der Waals surface area contributed by atoms with Crippen LogP contribution in [0.2, 0.25) is 0 Å². The van der Waals surface area contributed by atoms with Crippen molar-refractivity contribution in [2.75, 3.05) is 13.2 Å². The van der Waals surface area contributed by atoms with Crippen LogP contribution in [0, 0.1) is 5.92 Å². The number of aliphatic carboxylic acids is 1. The Balaban J connectivity index is 2.28. The van der Waals surface area contributed by atoms with Crippen molar-refractivity contribution < 1.29 is 19.4 Å². The van der Waals surface area contributed by atoms with E-state index in [-0.39, 0.29) is 6.10 Å². The second kappa shape index (κ2) is 9.19. The van der Waals surface area contributed by atoms with Gasteiger partial charge in [0.2, 0.25) is 0 Å². The quantitative estimate of drug-likeness (QED) is 0.558. The molecule has 0 aliphatic carbocycles. The van der Waals surface area contributed by atoms with E-state index in [1.165, 1.54) is 0 Å². The molecule has 0 heterocycles. The van der Waals surface area contributed by atoms with Crippen LogP contribution in [0.25, 0.3) is 6.08 Å². The van der Waals surface area contributed by atoms with Gasteiger partial charge in [-0.2, -0.15) is 0 Å². The zero-order valence-electron chi connectivity index (χ0n) is 12.9. The first-order valence-electron chi connectivity index (χ1n) is 7.23. The Morgan fingerprint density at radius 2 is 1.86 bits per heavy atom. The summed E-state index contributed by atoms with van der Waals surface area (Å²) in [7, 11) is 0. The lowest BCUT2D eigenvalue weighted by Gasteiger charge is -2.15. The normalized spacial score (nSPS) is 12.8. The van der Waals surface area contributed by atoms with Crippen molar-refractivity contribution >= 4 is 12.0 Å². The summed E-state index contributed by atoms with van der Waals surface area (Å²) < 4.78 is 11.2. The molecule has 1 rings (SSSR count). The van der Waals surface area contributed by atoms with Gasteiger partial charge in [-0.05, 0) is 43.0 Å². The molecule has 4 heteroatoms. The van der Waals surface area contributed by atoms with E-state index in [1.54, 1.807) is 6.08 Å². The molecule has 0 saturated heterocycles. The van der Waals surface area contributed by atoms with Crippen LogP contribution in [0.15, 0.2) is 30.3 Å². The van der Waals surface area contributed by atoms with Crippen LogP contribution in [0.4, 0.5) is 0 Å². The Morgan fingerprint density at radius 1 is 1.19 bits per heavy atom. The fraction of sp³-hybridized carbons (Fsp3) is 0.471. The Morgan fingerprint density at radius 3 is 2.43 bits per heavy atom. The highest BCUT2D eigenvalue weighted by Gasteiger charge is 2.04. The molecule has 1 atom stereocenters. The van der Waals surface area contributed by atoms with Crippen LogP contribution in [0.5, 0.6) is 5.75 Å². The molecule has 0 amide bonds. The fourth-order valence-corrected chi connectivity index (χ4v) is 1.98. The maximum absolute atomic E-state index is 10.4. The summed E-state index contributed by atoms with van der Waals surface area (Å²) in [5.41, 5.74) is 0.826. The third kappa shape index (κ3) is 8.15. The predicted molar refractivity (Wildman–Crippen MR) is 83.5 cm³/mol. The van der Waals surface area contributed by atoms with E-state index in [0.29, 0.717) is 19.1 Å². The number of ether oxygens (including phenoxy) is 2. The summed E-state index contributed by atoms with van der Waals surface area (Å²) in [5, 5.41) is 8.55. The Hall–Kier alpha value is -1.81. The molecule has 0 saturated carbocycles. The van der Waals surface area contributed by atoms with Gasteiger partial charge in [0.15, 0.2) is 0 Å². The molecule has 116 valence electrons. The molecule has 0 radical (unpaired) electrons. The van der Waals surface area contributed by atoms with E-state index in [2.05, 4.69) is 20.8 Å². The topological polar surface area (TPSA) is 55.8 Å². The van der Waals surface area contributed by atoms with Gasteiger partial charge in [0.1, 0.15) is 12.4 Å². The highest BCUT2D eigenvalue weighted by Crippen LogP contribution is 2.13. The van der Waals surface area contributed by atoms with E-state index in [1.807, 2.05) is 24.3 Å². The van der Waals surface area contributed by atoms with Crippen molar-refractivity contribution in [2.24, 2.45) is 5.92 Å². The fourth-order valence-electron chi connectivity index (χ4n) is 1.98. The molecule has 1 aromatic carbocycles. The molecule has 0 spiro atoms. The molecule has 1 unspecified atom stereocenters. The maximum atomic E-state index is 10.4. The molecule has 4 nitrogen and oxygen atoms in total. The van der Waals surface area contributed by atoms with Gasteiger partial charge in [0.25, 0.3) is 0 Å². The molecular formula is C17H24O4. The average molecular weight is 292 g/mol. The van der Waals surface area contributed by atoms with Gasteiger partial charge in [-0.3, -0.25) is 0 Å². The predicted octanol–water partition coefficient (Wildman–Crippen LogP) is 3.61. The van der Waals surface area contributed by atoms with Crippen molar-refractivity contribution in [3.8, 4) is 5.75 Å². The van der Waals surface area contributed by atoms with Crippen LogP contribution >= 0.6 is 0 Å². The number of benzene rings is 1. The van der Waals surface area contributed by atoms with Gasteiger partial charge in [-0.15, -0.1) is 0 Å². The zero-order chi connectivity index (χ0) is 15.7. The summed E-state index contributed by atoms with van der Waals surface area (Å²) in [6.07, 6.45) is 3.95. The summed E-state index contributed by atoms with van der Waals surface area (Å²) in [6, 6.07) is 7.27. The molecule has 1 N–H and O–H groups in total. The first kappa shape index (κ1) is 17.2. The second-order valence-corrected chi connectivity index (χ2v) is 5.40. The van der Waals surface area contributed by atoms with E-state index in [0.717, 1.165) is 23.8 Å². The third-order valence-electron chi connectivity index (χ3n) is 2.86. The summed E-state index contributed by atoms with van der Waals surface area (Å²) in [5.74, 6) is 0.429. The lowest BCUT2D eigenvalue weighted by molar-refractivity contribution is -0.131. The Bertz CT molecular complexity index is 448. The molecule has 1 aromatic rings. The van der Waals surface area contributed by atoms with Crippen molar-refractivity contribution in [1.82, 2.24) is 0 Å². The standard InChI is InChI=1S/C17H24O4/c1-13(2)12-14(3)20-10-11-21-16-7-4-15(5-8-16)6-9-17(18)19/h4-9,13-14H,10-12H2,1-3H3,(H,18,19). The van der Waals surface area contributed by atoms with Crippen LogP contribution in [-0.4, -0.2) is 30.4 Å². The number of rotatable bonds is 9. The van der Waals surface area contributed by atoms with Gasteiger partial charge in [0, 0.05) is 6.08 Å². The van der Waals surface area contributed by atoms with Crippen LogP contribution < -0.4 is 4.74 Å². The van der Waals surface area contributed by atoms with Crippen LogP contribution in [-0.2, 0) is 9.53 Å². The lowest BCUT2D eigenvalue weighted by atomic mass is 10.1. The average Bonchev–Trinajstić information content (AvgIpc) is 2.42. The highest BCUT2D eigenvalue weighted by molar-refractivity contribution is 5.85. The summed E-state index contributed by atoms with van der Waals surface area (Å²) >= 11 is 0. The Kier molecular flexibility index (Phi) is 7.54. The van der Waals surface area contributed by atoms with Crippen molar-refractivity contribution in [2.45, 2.75) is 33.3 Å². The second-order valence-electron chi connectivity index (χ2n) is 5.40. The van der Waals surface area contributed by atoms with Gasteiger partial charge in [0.05, 0.1) is 12.7 Å². The minimum Gasteiger partial charge on any atom is -0.491 e. The summed E-state index contributed by atoms with van der Waals surface area (Å²) in [4.78, 5) is 10.4. The largest absolute Gasteiger partial charge is 0.491 e. The van der Waals surface area contributed by atoms with Gasteiger partial charge < -0.3 is 14.6 Å². The molecule has 0 aliphatic heterocycles. The molecule has 0 aromatic heterocycles. The number of carboxylic acid groups (broad SMARTS) is 1. The SMILES string of the molecule is CC(C)CC(C)OCCOc1ccc(C=CC(=O)O)cc1. The Labute approximate surface area is 126 Å². The molecule has 0 fully saturated rings. The van der Waals surface area contributed by atoms with Crippen molar-refractivity contribution in [3.05, 3.63) is 35.9 Å². The van der Waals surface area contributed by atoms with Gasteiger partial charge in [-0.1, -0.05) is 26.0 Å². The summed E-state index contributed by atoms with van der Waals surface area (Å²) in [6.45, 7) is 7.50. The third-order valence-corrected chi connectivity index (χ3v) is 2.86. The van der Waals surface area contributed by atoms with E-state index < -0.39 is 5.97 Å². The van der Waals surface area contributed by atoms with Crippen molar-refractivity contribution in [3.63, 3.8) is 0 Å². The molecular weight excluding hydrogens is 268 g/mol. The highest BCUT2D eigenvalue weighted by atomic mass is 16.5.